The summed E-state index contributed by atoms with van der Waals surface area (Å²) >= 11 is 0. The normalized spacial score (nSPS) is 26.2. The fourth-order valence-electron chi connectivity index (χ4n) is 4.20. The van der Waals surface area contributed by atoms with Crippen molar-refractivity contribution >= 4 is 16.9 Å². The molecule has 1 aliphatic carbocycles. The number of rotatable bonds is 4. The number of nitrogens with zero attached hydrogens (tertiary/aromatic N) is 2. The quantitative estimate of drug-likeness (QED) is 0.802. The second kappa shape index (κ2) is 6.18. The van der Waals surface area contributed by atoms with Crippen LogP contribution in [0.1, 0.15) is 45.0 Å². The summed E-state index contributed by atoms with van der Waals surface area (Å²) in [5, 5.41) is 3.08. The van der Waals surface area contributed by atoms with Crippen LogP contribution in [-0.4, -0.2) is 27.5 Å². The van der Waals surface area contributed by atoms with Gasteiger partial charge < -0.3 is 9.88 Å². The lowest BCUT2D eigenvalue weighted by molar-refractivity contribution is -0.124. The molecule has 1 aromatic heterocycles. The number of para-hydroxylation sites is 2. The molecule has 2 aromatic rings. The van der Waals surface area contributed by atoms with E-state index in [4.69, 9.17) is 4.98 Å². The highest BCUT2D eigenvalue weighted by atomic mass is 16.2. The number of imidazole rings is 1. The molecule has 128 valence electrons. The molecule has 1 saturated carbocycles. The molecule has 0 radical (unpaired) electrons. The van der Waals surface area contributed by atoms with Crippen LogP contribution in [-0.2, 0) is 11.3 Å². The Morgan fingerprint density at radius 3 is 3.00 bits per heavy atom. The van der Waals surface area contributed by atoms with Gasteiger partial charge in [-0.1, -0.05) is 18.6 Å². The number of amides is 1. The van der Waals surface area contributed by atoms with Gasteiger partial charge in [-0.3, -0.25) is 10.2 Å². The smallest absolute Gasteiger partial charge is 0.239 e. The van der Waals surface area contributed by atoms with Gasteiger partial charge >= 0.3 is 0 Å². The van der Waals surface area contributed by atoms with Crippen molar-refractivity contribution in [2.45, 2.75) is 57.8 Å². The van der Waals surface area contributed by atoms with E-state index in [9.17, 15) is 4.79 Å². The Morgan fingerprint density at radius 2 is 2.17 bits per heavy atom. The van der Waals surface area contributed by atoms with Crippen LogP contribution in [0.2, 0.25) is 0 Å². The molecule has 0 bridgehead atoms. The Balaban J connectivity index is 1.50. The minimum Gasteiger partial charge on any atom is -0.347 e. The topological polar surface area (TPSA) is 71.0 Å². The van der Waals surface area contributed by atoms with Crippen LogP contribution in [0.5, 0.6) is 0 Å². The van der Waals surface area contributed by atoms with Crippen LogP contribution < -0.4 is 16.2 Å². The molecule has 1 aromatic carbocycles. The standard InChI is InChI=1S/C18H25N5O/c1-11(2)23-15-9-4-3-7-14(15)20-16(23)10-19-18(24)17-12-6-5-8-13(12)21-22-17/h3-4,7,9,11-13,17,21-22H,5-6,8,10H2,1-2H3,(H,19,24). The molecular weight excluding hydrogens is 302 g/mol. The van der Waals surface area contributed by atoms with Crippen molar-refractivity contribution in [2.75, 3.05) is 0 Å². The summed E-state index contributed by atoms with van der Waals surface area (Å²) < 4.78 is 2.20. The maximum Gasteiger partial charge on any atom is 0.239 e. The molecule has 1 amide bonds. The maximum atomic E-state index is 12.6. The summed E-state index contributed by atoms with van der Waals surface area (Å²) in [4.78, 5) is 17.3. The predicted octanol–water partition coefficient (Wildman–Crippen LogP) is 1.88. The number of nitrogens with one attached hydrogen (secondary N) is 3. The van der Waals surface area contributed by atoms with Crippen molar-refractivity contribution < 1.29 is 4.79 Å². The van der Waals surface area contributed by atoms with Crippen molar-refractivity contribution in [3.63, 3.8) is 0 Å². The van der Waals surface area contributed by atoms with E-state index in [1.54, 1.807) is 0 Å². The highest BCUT2D eigenvalue weighted by Gasteiger charge is 2.42. The summed E-state index contributed by atoms with van der Waals surface area (Å²) in [7, 11) is 0. The van der Waals surface area contributed by atoms with E-state index in [1.165, 1.54) is 6.42 Å². The van der Waals surface area contributed by atoms with Crippen molar-refractivity contribution in [2.24, 2.45) is 5.92 Å². The number of benzene rings is 1. The predicted molar refractivity (Wildman–Crippen MR) is 93.2 cm³/mol. The zero-order valence-corrected chi connectivity index (χ0v) is 14.2. The van der Waals surface area contributed by atoms with Crippen LogP contribution in [0.25, 0.3) is 11.0 Å². The van der Waals surface area contributed by atoms with E-state index >= 15 is 0 Å². The number of carbonyl (C=O) groups is 1. The Labute approximate surface area is 142 Å². The molecule has 3 unspecified atom stereocenters. The van der Waals surface area contributed by atoms with Crippen LogP contribution in [0.3, 0.4) is 0 Å². The maximum absolute atomic E-state index is 12.6. The second-order valence-corrected chi connectivity index (χ2v) is 7.17. The van der Waals surface area contributed by atoms with Gasteiger partial charge in [0.05, 0.1) is 17.6 Å². The highest BCUT2D eigenvalue weighted by Crippen LogP contribution is 2.31. The van der Waals surface area contributed by atoms with Crippen LogP contribution in [0, 0.1) is 5.92 Å². The number of hydrogen-bond donors (Lipinski definition) is 3. The Bertz CT molecular complexity index is 753. The summed E-state index contributed by atoms with van der Waals surface area (Å²) in [6, 6.07) is 8.74. The van der Waals surface area contributed by atoms with Crippen LogP contribution in [0.4, 0.5) is 0 Å². The average molecular weight is 327 g/mol. The van der Waals surface area contributed by atoms with Gasteiger partial charge in [-0.2, -0.15) is 0 Å². The first-order chi connectivity index (χ1) is 11.6. The molecule has 1 aliphatic heterocycles. The molecule has 0 spiro atoms. The van der Waals surface area contributed by atoms with Crippen LogP contribution in [0.15, 0.2) is 24.3 Å². The molecule has 3 N–H and O–H groups in total. The Morgan fingerprint density at radius 1 is 1.33 bits per heavy atom. The van der Waals surface area contributed by atoms with Crippen molar-refractivity contribution in [1.29, 1.82) is 0 Å². The van der Waals surface area contributed by atoms with E-state index in [2.05, 4.69) is 40.6 Å². The third kappa shape index (κ3) is 2.59. The largest absolute Gasteiger partial charge is 0.347 e. The minimum atomic E-state index is -0.130. The van der Waals surface area contributed by atoms with Crippen LogP contribution >= 0.6 is 0 Å². The second-order valence-electron chi connectivity index (χ2n) is 7.17. The summed E-state index contributed by atoms with van der Waals surface area (Å²) in [6.07, 6.45) is 3.48. The van der Waals surface area contributed by atoms with Crippen molar-refractivity contribution in [1.82, 2.24) is 25.7 Å². The highest BCUT2D eigenvalue weighted by molar-refractivity contribution is 5.82. The lowest BCUT2D eigenvalue weighted by Crippen LogP contribution is -2.45. The molecule has 1 saturated heterocycles. The van der Waals surface area contributed by atoms with Crippen molar-refractivity contribution in [3.05, 3.63) is 30.1 Å². The van der Waals surface area contributed by atoms with Gasteiger partial charge in [-0.15, -0.1) is 0 Å². The Hall–Kier alpha value is -1.92. The van der Waals surface area contributed by atoms with E-state index < -0.39 is 0 Å². The first-order valence-electron chi connectivity index (χ1n) is 8.90. The first-order valence-corrected chi connectivity index (χ1v) is 8.90. The minimum absolute atomic E-state index is 0.0688. The van der Waals surface area contributed by atoms with E-state index in [-0.39, 0.29) is 11.9 Å². The van der Waals surface area contributed by atoms with Gasteiger partial charge in [0.2, 0.25) is 5.91 Å². The lowest BCUT2D eigenvalue weighted by Gasteiger charge is -2.17. The molecular formula is C18H25N5O. The third-order valence-corrected chi connectivity index (χ3v) is 5.31. The molecule has 6 nitrogen and oxygen atoms in total. The first kappa shape index (κ1) is 15.6. The number of fused-ring (bicyclic) bond motifs is 2. The van der Waals surface area contributed by atoms with Gasteiger partial charge in [-0.25, -0.2) is 10.4 Å². The molecule has 2 aliphatic rings. The zero-order valence-electron chi connectivity index (χ0n) is 14.2. The van der Waals surface area contributed by atoms with Gasteiger partial charge in [0, 0.05) is 18.0 Å². The summed E-state index contributed by atoms with van der Waals surface area (Å²) in [6.45, 7) is 4.75. The van der Waals surface area contributed by atoms with Crippen molar-refractivity contribution in [3.8, 4) is 0 Å². The molecule has 24 heavy (non-hydrogen) atoms. The number of carbonyl (C=O) groups excluding carboxylic acids is 1. The SMILES string of the molecule is CC(C)n1c(CNC(=O)C2NNC3CCCC32)nc2ccccc21. The Kier molecular flexibility index (Phi) is 4.02. The molecule has 2 heterocycles. The molecule has 2 fully saturated rings. The lowest BCUT2D eigenvalue weighted by atomic mass is 9.97. The fourth-order valence-corrected chi connectivity index (χ4v) is 4.20. The molecule has 4 rings (SSSR count). The average Bonchev–Trinajstić information content (AvgIpc) is 3.25. The number of hydrazine groups is 1. The molecule has 6 heteroatoms. The van der Waals surface area contributed by atoms with Gasteiger partial charge in [0.1, 0.15) is 11.9 Å². The summed E-state index contributed by atoms with van der Waals surface area (Å²) in [5.41, 5.74) is 8.53. The third-order valence-electron chi connectivity index (χ3n) is 5.31. The number of aromatic nitrogens is 2. The van der Waals surface area contributed by atoms with E-state index in [0.717, 1.165) is 29.7 Å². The van der Waals surface area contributed by atoms with Gasteiger partial charge in [0.15, 0.2) is 0 Å². The molecule has 3 atom stereocenters. The fraction of sp³-hybridized carbons (Fsp3) is 0.556. The van der Waals surface area contributed by atoms with Gasteiger partial charge in [-0.05, 0) is 38.8 Å². The summed E-state index contributed by atoms with van der Waals surface area (Å²) in [5.74, 6) is 1.39. The van der Waals surface area contributed by atoms with Gasteiger partial charge in [0.25, 0.3) is 0 Å². The zero-order chi connectivity index (χ0) is 16.7. The van der Waals surface area contributed by atoms with E-state index in [1.807, 2.05) is 18.2 Å². The number of hydrogen-bond acceptors (Lipinski definition) is 4. The monoisotopic (exact) mass is 327 g/mol. The van der Waals surface area contributed by atoms with E-state index in [0.29, 0.717) is 24.5 Å².